The molecule has 0 unspecified atom stereocenters. The third kappa shape index (κ3) is 4.16. The first-order chi connectivity index (χ1) is 11.9. The van der Waals surface area contributed by atoms with Gasteiger partial charge in [-0.3, -0.25) is 4.72 Å². The summed E-state index contributed by atoms with van der Waals surface area (Å²) in [5, 5.41) is 0. The van der Waals surface area contributed by atoms with Crippen LogP contribution >= 0.6 is 23.1 Å². The van der Waals surface area contributed by atoms with Crippen LogP contribution in [0.15, 0.2) is 45.6 Å². The molecule has 7 heteroatoms. The lowest BCUT2D eigenvalue weighted by molar-refractivity contribution is 0.601. The molecule has 0 saturated heterocycles. The fraction of sp³-hybridized carbons (Fsp3) is 0.278. The van der Waals surface area contributed by atoms with E-state index in [9.17, 15) is 8.42 Å². The van der Waals surface area contributed by atoms with Gasteiger partial charge in [0.05, 0.1) is 20.8 Å². The summed E-state index contributed by atoms with van der Waals surface area (Å²) in [6.45, 7) is 6.01. The predicted molar refractivity (Wildman–Crippen MR) is 107 cm³/mol. The van der Waals surface area contributed by atoms with Crippen molar-refractivity contribution >= 4 is 49.0 Å². The Labute approximate surface area is 156 Å². The summed E-state index contributed by atoms with van der Waals surface area (Å²) in [6.07, 6.45) is 1.10. The number of anilines is 1. The third-order valence-corrected chi connectivity index (χ3v) is 7.59. The lowest BCUT2D eigenvalue weighted by Gasteiger charge is -2.09. The van der Waals surface area contributed by atoms with Gasteiger partial charge in [-0.05, 0) is 61.7 Å². The van der Waals surface area contributed by atoms with Gasteiger partial charge in [0.25, 0.3) is 10.0 Å². The predicted octanol–water partition coefficient (Wildman–Crippen LogP) is 5.22. The number of rotatable bonds is 6. The number of thiazole rings is 1. The molecule has 2 aromatic carbocycles. The van der Waals surface area contributed by atoms with Crippen molar-refractivity contribution in [3.63, 3.8) is 0 Å². The SMILES string of the molecule is CCCSc1nc2ccc(NS(=O)(=O)c3ccc(C)c(C)c3)cc2s1. The van der Waals surface area contributed by atoms with E-state index in [1.54, 1.807) is 41.3 Å². The molecule has 4 nitrogen and oxygen atoms in total. The van der Waals surface area contributed by atoms with Gasteiger partial charge in [0.15, 0.2) is 4.34 Å². The fourth-order valence-corrected chi connectivity index (χ4v) is 5.48. The number of nitrogens with zero attached hydrogens (tertiary/aromatic N) is 1. The number of thioether (sulfide) groups is 1. The molecule has 1 heterocycles. The van der Waals surface area contributed by atoms with Crippen molar-refractivity contribution in [3.8, 4) is 0 Å². The smallest absolute Gasteiger partial charge is 0.261 e. The molecule has 0 bridgehead atoms. The molecule has 25 heavy (non-hydrogen) atoms. The summed E-state index contributed by atoms with van der Waals surface area (Å²) in [5.74, 6) is 1.03. The van der Waals surface area contributed by atoms with Crippen LogP contribution in [0.4, 0.5) is 5.69 Å². The zero-order valence-electron chi connectivity index (χ0n) is 14.4. The number of sulfonamides is 1. The number of benzene rings is 2. The zero-order valence-corrected chi connectivity index (χ0v) is 16.8. The Hall–Kier alpha value is -1.57. The van der Waals surface area contributed by atoms with Gasteiger partial charge >= 0.3 is 0 Å². The van der Waals surface area contributed by atoms with Crippen LogP contribution in [-0.2, 0) is 10.0 Å². The molecule has 0 spiro atoms. The lowest BCUT2D eigenvalue weighted by atomic mass is 10.1. The van der Waals surface area contributed by atoms with Crippen molar-refractivity contribution in [3.05, 3.63) is 47.5 Å². The van der Waals surface area contributed by atoms with Crippen LogP contribution in [0.2, 0.25) is 0 Å². The molecule has 0 fully saturated rings. The van der Waals surface area contributed by atoms with Crippen LogP contribution in [-0.4, -0.2) is 19.2 Å². The minimum absolute atomic E-state index is 0.277. The zero-order chi connectivity index (χ0) is 18.0. The van der Waals surface area contributed by atoms with Crippen LogP contribution in [0.3, 0.4) is 0 Å². The number of aromatic nitrogens is 1. The molecule has 0 aliphatic heterocycles. The minimum atomic E-state index is -3.60. The Morgan fingerprint density at radius 1 is 1.12 bits per heavy atom. The van der Waals surface area contributed by atoms with E-state index >= 15 is 0 Å². The van der Waals surface area contributed by atoms with Crippen LogP contribution < -0.4 is 4.72 Å². The van der Waals surface area contributed by atoms with E-state index < -0.39 is 10.0 Å². The Bertz CT molecular complexity index is 1010. The second-order valence-corrected chi connectivity index (χ2v) is 9.92. The Morgan fingerprint density at radius 2 is 1.92 bits per heavy atom. The van der Waals surface area contributed by atoms with Crippen molar-refractivity contribution in [2.45, 2.75) is 36.4 Å². The molecule has 3 rings (SSSR count). The average molecular weight is 393 g/mol. The van der Waals surface area contributed by atoms with Crippen molar-refractivity contribution in [2.75, 3.05) is 10.5 Å². The van der Waals surface area contributed by atoms with E-state index in [0.717, 1.165) is 37.9 Å². The number of aryl methyl sites for hydroxylation is 2. The number of fused-ring (bicyclic) bond motifs is 1. The molecule has 0 radical (unpaired) electrons. The third-order valence-electron chi connectivity index (χ3n) is 3.84. The summed E-state index contributed by atoms with van der Waals surface area (Å²) in [5.41, 5.74) is 3.49. The largest absolute Gasteiger partial charge is 0.280 e. The molecule has 0 saturated carbocycles. The highest BCUT2D eigenvalue weighted by molar-refractivity contribution is 8.01. The monoisotopic (exact) mass is 392 g/mol. The van der Waals surface area contributed by atoms with Gasteiger partial charge in [0, 0.05) is 5.75 Å². The summed E-state index contributed by atoms with van der Waals surface area (Å²) >= 11 is 3.33. The lowest BCUT2D eigenvalue weighted by Crippen LogP contribution is -2.13. The van der Waals surface area contributed by atoms with Crippen LogP contribution in [0.1, 0.15) is 24.5 Å². The number of hydrogen-bond acceptors (Lipinski definition) is 5. The van der Waals surface area contributed by atoms with Crippen molar-refractivity contribution in [1.82, 2.24) is 4.98 Å². The Balaban J connectivity index is 1.87. The van der Waals surface area contributed by atoms with Crippen molar-refractivity contribution in [2.24, 2.45) is 0 Å². The maximum Gasteiger partial charge on any atom is 0.261 e. The average Bonchev–Trinajstić information content (AvgIpc) is 2.97. The molecule has 1 N–H and O–H groups in total. The van der Waals surface area contributed by atoms with Gasteiger partial charge in [-0.25, -0.2) is 13.4 Å². The molecule has 0 aliphatic rings. The molecule has 132 valence electrons. The highest BCUT2D eigenvalue weighted by Crippen LogP contribution is 2.32. The number of nitrogens with one attached hydrogen (secondary N) is 1. The molecule has 3 aromatic rings. The van der Waals surface area contributed by atoms with E-state index in [1.165, 1.54) is 0 Å². The van der Waals surface area contributed by atoms with Gasteiger partial charge in [-0.1, -0.05) is 24.8 Å². The first kappa shape index (κ1) is 18.2. The van der Waals surface area contributed by atoms with Crippen molar-refractivity contribution < 1.29 is 8.42 Å². The van der Waals surface area contributed by atoms with Crippen LogP contribution in [0, 0.1) is 13.8 Å². The molecule has 0 amide bonds. The maximum atomic E-state index is 12.6. The van der Waals surface area contributed by atoms with E-state index in [-0.39, 0.29) is 4.90 Å². The van der Waals surface area contributed by atoms with E-state index in [2.05, 4.69) is 16.6 Å². The highest BCUT2D eigenvalue weighted by atomic mass is 32.2. The fourth-order valence-electron chi connectivity index (χ4n) is 2.31. The molecular weight excluding hydrogens is 372 g/mol. The van der Waals surface area contributed by atoms with Gasteiger partial charge < -0.3 is 0 Å². The Kier molecular flexibility index (Phi) is 5.36. The van der Waals surface area contributed by atoms with Crippen LogP contribution in [0.25, 0.3) is 10.2 Å². The quantitative estimate of drug-likeness (QED) is 0.585. The maximum absolute atomic E-state index is 12.6. The van der Waals surface area contributed by atoms with E-state index in [0.29, 0.717) is 5.69 Å². The second kappa shape index (κ2) is 7.35. The first-order valence-corrected chi connectivity index (χ1v) is 11.3. The van der Waals surface area contributed by atoms with Gasteiger partial charge in [-0.15, -0.1) is 11.3 Å². The molecule has 1 aromatic heterocycles. The molecule has 0 atom stereocenters. The minimum Gasteiger partial charge on any atom is -0.280 e. The van der Waals surface area contributed by atoms with E-state index in [4.69, 9.17) is 0 Å². The van der Waals surface area contributed by atoms with E-state index in [1.807, 2.05) is 32.0 Å². The summed E-state index contributed by atoms with van der Waals surface area (Å²) < 4.78 is 29.9. The second-order valence-electron chi connectivity index (χ2n) is 5.86. The van der Waals surface area contributed by atoms with Gasteiger partial charge in [-0.2, -0.15) is 0 Å². The summed E-state index contributed by atoms with van der Waals surface area (Å²) in [6, 6.07) is 10.6. The van der Waals surface area contributed by atoms with Crippen molar-refractivity contribution in [1.29, 1.82) is 0 Å². The normalized spacial score (nSPS) is 11.8. The highest BCUT2D eigenvalue weighted by Gasteiger charge is 2.15. The topological polar surface area (TPSA) is 59.1 Å². The molecular formula is C18H20N2O2S3. The van der Waals surface area contributed by atoms with Gasteiger partial charge in [0.2, 0.25) is 0 Å². The van der Waals surface area contributed by atoms with Crippen LogP contribution in [0.5, 0.6) is 0 Å². The first-order valence-electron chi connectivity index (χ1n) is 8.02. The summed E-state index contributed by atoms with van der Waals surface area (Å²) in [7, 11) is -3.60. The Morgan fingerprint density at radius 3 is 2.64 bits per heavy atom. The molecule has 0 aliphatic carbocycles. The van der Waals surface area contributed by atoms with Gasteiger partial charge in [0.1, 0.15) is 0 Å². The number of hydrogen-bond donors (Lipinski definition) is 1. The standard InChI is InChI=1S/C18H20N2O2S3/c1-4-9-23-18-19-16-8-6-14(11-17(16)24-18)20-25(21,22)15-7-5-12(2)13(3)10-15/h5-8,10-11,20H,4,9H2,1-3H3. The summed E-state index contributed by atoms with van der Waals surface area (Å²) in [4.78, 5) is 4.85.